The fraction of sp³-hybridized carbons (Fsp3) is 0.0769. The van der Waals surface area contributed by atoms with Gasteiger partial charge in [-0.3, -0.25) is 0 Å². The zero-order valence-electron chi connectivity index (χ0n) is 9.66. The summed E-state index contributed by atoms with van der Waals surface area (Å²) < 4.78 is 5.07. The minimum atomic E-state index is -1.07. The van der Waals surface area contributed by atoms with Gasteiger partial charge in [0.05, 0.1) is 7.11 Å². The van der Waals surface area contributed by atoms with E-state index in [1.807, 2.05) is 0 Å². The van der Waals surface area contributed by atoms with E-state index in [9.17, 15) is 9.59 Å². The van der Waals surface area contributed by atoms with Gasteiger partial charge in [-0.15, -0.1) is 0 Å². The average Bonchev–Trinajstić information content (AvgIpc) is 2.33. The van der Waals surface area contributed by atoms with Crippen LogP contribution >= 0.6 is 0 Å². The molecule has 0 atom stereocenters. The lowest BCUT2D eigenvalue weighted by Crippen LogP contribution is -1.91. The van der Waals surface area contributed by atoms with Crippen LogP contribution in [0.2, 0.25) is 0 Å². The number of benzene rings is 1. The van der Waals surface area contributed by atoms with Crippen LogP contribution in [0.25, 0.3) is 12.2 Å². The van der Waals surface area contributed by atoms with Crippen molar-refractivity contribution in [2.45, 2.75) is 0 Å². The van der Waals surface area contributed by atoms with Gasteiger partial charge in [-0.1, -0.05) is 6.07 Å². The Labute approximate surface area is 104 Å². The van der Waals surface area contributed by atoms with Gasteiger partial charge in [0.25, 0.3) is 0 Å². The van der Waals surface area contributed by atoms with E-state index < -0.39 is 11.9 Å². The number of carboxylic acids is 2. The van der Waals surface area contributed by atoms with Crippen molar-refractivity contribution in [3.8, 4) is 5.75 Å². The van der Waals surface area contributed by atoms with Crippen LogP contribution in [-0.4, -0.2) is 29.3 Å². The Morgan fingerprint density at radius 3 is 2.28 bits per heavy atom. The SMILES string of the molecule is COc1ccc(/C=C/C(=O)O)cc1/C=C/C(=O)O. The van der Waals surface area contributed by atoms with E-state index >= 15 is 0 Å². The minimum absolute atomic E-state index is 0.514. The molecule has 0 aliphatic rings. The lowest BCUT2D eigenvalue weighted by Gasteiger charge is -2.05. The van der Waals surface area contributed by atoms with Gasteiger partial charge in [0.2, 0.25) is 0 Å². The maximum Gasteiger partial charge on any atom is 0.328 e. The van der Waals surface area contributed by atoms with Gasteiger partial charge in [-0.25, -0.2) is 9.59 Å². The summed E-state index contributed by atoms with van der Waals surface area (Å²) in [5, 5.41) is 17.1. The van der Waals surface area contributed by atoms with Crippen molar-refractivity contribution in [3.05, 3.63) is 41.5 Å². The molecule has 0 amide bonds. The van der Waals surface area contributed by atoms with Crippen molar-refractivity contribution in [2.75, 3.05) is 7.11 Å². The van der Waals surface area contributed by atoms with Crippen molar-refractivity contribution < 1.29 is 24.5 Å². The number of hydrogen-bond donors (Lipinski definition) is 2. The Hall–Kier alpha value is -2.56. The fourth-order valence-corrected chi connectivity index (χ4v) is 1.32. The van der Waals surface area contributed by atoms with Gasteiger partial charge in [0, 0.05) is 17.7 Å². The predicted molar refractivity (Wildman–Crippen MR) is 66.3 cm³/mol. The first kappa shape index (κ1) is 13.5. The minimum Gasteiger partial charge on any atom is -0.496 e. The van der Waals surface area contributed by atoms with E-state index in [1.165, 1.54) is 19.3 Å². The molecule has 1 rings (SSSR count). The third kappa shape index (κ3) is 4.13. The summed E-state index contributed by atoms with van der Waals surface area (Å²) in [6.45, 7) is 0. The van der Waals surface area contributed by atoms with Crippen LogP contribution in [0.4, 0.5) is 0 Å². The summed E-state index contributed by atoms with van der Waals surface area (Å²) in [6, 6.07) is 4.96. The second-order valence-corrected chi connectivity index (χ2v) is 3.34. The zero-order chi connectivity index (χ0) is 13.5. The molecule has 0 saturated heterocycles. The maximum absolute atomic E-state index is 10.5. The lowest BCUT2D eigenvalue weighted by atomic mass is 10.1. The Morgan fingerprint density at radius 2 is 1.72 bits per heavy atom. The number of ether oxygens (including phenoxy) is 1. The van der Waals surface area contributed by atoms with Gasteiger partial charge in [0.15, 0.2) is 0 Å². The van der Waals surface area contributed by atoms with E-state index in [0.29, 0.717) is 16.9 Å². The summed E-state index contributed by atoms with van der Waals surface area (Å²) in [6.07, 6.45) is 4.80. The highest BCUT2D eigenvalue weighted by Gasteiger charge is 2.01. The molecule has 0 saturated carbocycles. The van der Waals surface area contributed by atoms with Crippen LogP contribution in [0, 0.1) is 0 Å². The Kier molecular flexibility index (Phi) is 4.68. The molecule has 2 N–H and O–H groups in total. The van der Waals surface area contributed by atoms with Crippen LogP contribution in [0.3, 0.4) is 0 Å². The number of carboxylic acid groups (broad SMARTS) is 2. The maximum atomic E-state index is 10.5. The number of rotatable bonds is 5. The lowest BCUT2D eigenvalue weighted by molar-refractivity contribution is -0.132. The van der Waals surface area contributed by atoms with Crippen LogP contribution in [-0.2, 0) is 9.59 Å². The van der Waals surface area contributed by atoms with Crippen LogP contribution in [0.5, 0.6) is 5.75 Å². The molecule has 94 valence electrons. The molecule has 0 unspecified atom stereocenters. The summed E-state index contributed by atoms with van der Waals surface area (Å²) in [4.78, 5) is 20.8. The third-order valence-electron chi connectivity index (χ3n) is 2.08. The first-order chi connectivity index (χ1) is 8.52. The topological polar surface area (TPSA) is 83.8 Å². The van der Waals surface area contributed by atoms with Gasteiger partial charge in [0.1, 0.15) is 5.75 Å². The fourth-order valence-electron chi connectivity index (χ4n) is 1.32. The van der Waals surface area contributed by atoms with Crippen molar-refractivity contribution in [2.24, 2.45) is 0 Å². The molecular weight excluding hydrogens is 236 g/mol. The average molecular weight is 248 g/mol. The molecule has 0 aliphatic carbocycles. The molecule has 0 radical (unpaired) electrons. The van der Waals surface area contributed by atoms with Crippen LogP contribution in [0.15, 0.2) is 30.4 Å². The van der Waals surface area contributed by atoms with E-state index in [4.69, 9.17) is 14.9 Å². The standard InChI is InChI=1S/C13H12O5/c1-18-11-5-2-9(3-6-12(14)15)8-10(11)4-7-13(16)17/h2-8H,1H3,(H,14,15)(H,16,17)/b6-3+,7-4+. The van der Waals surface area contributed by atoms with Gasteiger partial charge < -0.3 is 14.9 Å². The first-order valence-electron chi connectivity index (χ1n) is 5.03. The molecule has 5 nitrogen and oxygen atoms in total. The molecule has 0 aromatic heterocycles. The molecule has 0 fully saturated rings. The smallest absolute Gasteiger partial charge is 0.328 e. The molecule has 1 aromatic rings. The van der Waals surface area contributed by atoms with Crippen LogP contribution < -0.4 is 4.74 Å². The molecule has 0 spiro atoms. The van der Waals surface area contributed by atoms with E-state index in [-0.39, 0.29) is 0 Å². The zero-order valence-corrected chi connectivity index (χ0v) is 9.66. The van der Waals surface area contributed by atoms with Crippen molar-refractivity contribution in [1.82, 2.24) is 0 Å². The van der Waals surface area contributed by atoms with Crippen molar-refractivity contribution in [1.29, 1.82) is 0 Å². The number of methoxy groups -OCH3 is 1. The Bertz CT molecular complexity index is 514. The molecular formula is C13H12O5. The number of hydrogen-bond acceptors (Lipinski definition) is 3. The summed E-state index contributed by atoms with van der Waals surface area (Å²) >= 11 is 0. The van der Waals surface area contributed by atoms with Crippen molar-refractivity contribution in [3.63, 3.8) is 0 Å². The highest BCUT2D eigenvalue weighted by molar-refractivity contribution is 5.87. The summed E-state index contributed by atoms with van der Waals surface area (Å²) in [7, 11) is 1.47. The molecule has 0 bridgehead atoms. The third-order valence-corrected chi connectivity index (χ3v) is 2.08. The van der Waals surface area contributed by atoms with E-state index in [0.717, 1.165) is 12.2 Å². The molecule has 5 heteroatoms. The normalized spacial score (nSPS) is 10.9. The number of carbonyl (C=O) groups is 2. The largest absolute Gasteiger partial charge is 0.496 e. The molecule has 0 heterocycles. The molecule has 0 aliphatic heterocycles. The number of aliphatic carboxylic acids is 2. The summed E-state index contributed by atoms with van der Waals surface area (Å²) in [5.74, 6) is -1.60. The first-order valence-corrected chi connectivity index (χ1v) is 5.03. The van der Waals surface area contributed by atoms with E-state index in [2.05, 4.69) is 0 Å². The van der Waals surface area contributed by atoms with E-state index in [1.54, 1.807) is 18.2 Å². The van der Waals surface area contributed by atoms with Gasteiger partial charge >= 0.3 is 11.9 Å². The van der Waals surface area contributed by atoms with Crippen LogP contribution in [0.1, 0.15) is 11.1 Å². The Morgan fingerprint density at radius 1 is 1.11 bits per heavy atom. The molecule has 1 aromatic carbocycles. The molecule has 18 heavy (non-hydrogen) atoms. The second kappa shape index (κ2) is 6.24. The highest BCUT2D eigenvalue weighted by Crippen LogP contribution is 2.22. The monoisotopic (exact) mass is 248 g/mol. The van der Waals surface area contributed by atoms with Gasteiger partial charge in [-0.2, -0.15) is 0 Å². The highest BCUT2D eigenvalue weighted by atomic mass is 16.5. The quantitative estimate of drug-likeness (QED) is 0.777. The predicted octanol–water partition coefficient (Wildman–Crippen LogP) is 1.89. The Balaban J connectivity index is 3.09. The van der Waals surface area contributed by atoms with Gasteiger partial charge in [-0.05, 0) is 29.8 Å². The summed E-state index contributed by atoms with van der Waals surface area (Å²) in [5.41, 5.74) is 1.20. The second-order valence-electron chi connectivity index (χ2n) is 3.34. The van der Waals surface area contributed by atoms with Crippen molar-refractivity contribution >= 4 is 24.1 Å².